The first-order chi connectivity index (χ1) is 9.24. The van der Waals surface area contributed by atoms with Crippen molar-refractivity contribution in [3.05, 3.63) is 65.5 Å². The molecule has 0 aliphatic carbocycles. The van der Waals surface area contributed by atoms with Crippen LogP contribution < -0.4 is 4.90 Å². The van der Waals surface area contributed by atoms with Crippen LogP contribution in [-0.2, 0) is 17.6 Å². The predicted octanol–water partition coefficient (Wildman–Crippen LogP) is 2.96. The van der Waals surface area contributed by atoms with Gasteiger partial charge in [0.1, 0.15) is 5.82 Å². The molecule has 3 rings (SSSR count). The molecule has 1 aliphatic rings. The van der Waals surface area contributed by atoms with Gasteiger partial charge in [0, 0.05) is 12.2 Å². The van der Waals surface area contributed by atoms with Crippen molar-refractivity contribution < 1.29 is 9.18 Å². The molecule has 0 spiro atoms. The summed E-state index contributed by atoms with van der Waals surface area (Å²) < 4.78 is 13.1. The Hall–Kier alpha value is -2.16. The molecule has 0 atom stereocenters. The molecule has 0 fully saturated rings. The molecule has 0 saturated carbocycles. The Bertz CT molecular complexity index is 624. The summed E-state index contributed by atoms with van der Waals surface area (Å²) in [5, 5.41) is 0. The molecule has 1 amide bonds. The van der Waals surface area contributed by atoms with Gasteiger partial charge >= 0.3 is 0 Å². The first kappa shape index (κ1) is 11.9. The Morgan fingerprint density at radius 2 is 2.00 bits per heavy atom. The van der Waals surface area contributed by atoms with Crippen LogP contribution in [0.15, 0.2) is 48.5 Å². The number of amides is 1. The number of nitrogens with zero attached hydrogens (tertiary/aromatic N) is 1. The highest BCUT2D eigenvalue weighted by Gasteiger charge is 2.23. The standard InChI is InChI=1S/C16H14FNO/c17-14-6-3-4-12(10-14)11-16(19)18-9-8-13-5-1-2-7-15(13)18/h1-7,10H,8-9,11H2. The van der Waals surface area contributed by atoms with Gasteiger partial charge in [0.05, 0.1) is 6.42 Å². The molecule has 3 heteroatoms. The minimum absolute atomic E-state index is 0.0237. The number of para-hydroxylation sites is 1. The zero-order valence-corrected chi connectivity index (χ0v) is 10.5. The molecule has 1 aliphatic heterocycles. The number of benzene rings is 2. The van der Waals surface area contributed by atoms with Crippen LogP contribution in [0.1, 0.15) is 11.1 Å². The molecule has 0 radical (unpaired) electrons. The molecule has 19 heavy (non-hydrogen) atoms. The van der Waals surface area contributed by atoms with Crippen LogP contribution in [-0.4, -0.2) is 12.5 Å². The summed E-state index contributed by atoms with van der Waals surface area (Å²) in [7, 11) is 0. The molecular formula is C16H14FNO. The van der Waals surface area contributed by atoms with Crippen molar-refractivity contribution in [3.63, 3.8) is 0 Å². The van der Waals surface area contributed by atoms with Gasteiger partial charge in [-0.25, -0.2) is 4.39 Å². The number of carbonyl (C=O) groups excluding carboxylic acids is 1. The van der Waals surface area contributed by atoms with Crippen molar-refractivity contribution in [2.24, 2.45) is 0 Å². The Morgan fingerprint density at radius 1 is 1.16 bits per heavy atom. The van der Waals surface area contributed by atoms with E-state index in [2.05, 4.69) is 0 Å². The van der Waals surface area contributed by atoms with E-state index in [0.717, 1.165) is 17.7 Å². The molecule has 1 heterocycles. The zero-order valence-electron chi connectivity index (χ0n) is 10.5. The Morgan fingerprint density at radius 3 is 2.84 bits per heavy atom. The van der Waals surface area contributed by atoms with E-state index in [0.29, 0.717) is 6.54 Å². The summed E-state index contributed by atoms with van der Waals surface area (Å²) in [6, 6.07) is 14.2. The Balaban J connectivity index is 1.79. The van der Waals surface area contributed by atoms with E-state index in [4.69, 9.17) is 0 Å². The molecular weight excluding hydrogens is 241 g/mol. The van der Waals surface area contributed by atoms with E-state index >= 15 is 0 Å². The van der Waals surface area contributed by atoms with Crippen LogP contribution in [0.25, 0.3) is 0 Å². The number of hydrogen-bond donors (Lipinski definition) is 0. The van der Waals surface area contributed by atoms with Crippen molar-refractivity contribution >= 4 is 11.6 Å². The highest BCUT2D eigenvalue weighted by atomic mass is 19.1. The third-order valence-corrected chi connectivity index (χ3v) is 3.43. The fourth-order valence-corrected chi connectivity index (χ4v) is 2.51. The SMILES string of the molecule is O=C(Cc1cccc(F)c1)N1CCc2ccccc21. The largest absolute Gasteiger partial charge is 0.312 e. The topological polar surface area (TPSA) is 20.3 Å². The summed E-state index contributed by atoms with van der Waals surface area (Å²) in [4.78, 5) is 14.1. The van der Waals surface area contributed by atoms with E-state index < -0.39 is 0 Å². The van der Waals surface area contributed by atoms with Gasteiger partial charge in [0.2, 0.25) is 5.91 Å². The van der Waals surface area contributed by atoms with Gasteiger partial charge in [-0.2, -0.15) is 0 Å². The summed E-state index contributed by atoms with van der Waals surface area (Å²) in [6.45, 7) is 0.716. The van der Waals surface area contributed by atoms with Gasteiger partial charge in [0.15, 0.2) is 0 Å². The van der Waals surface area contributed by atoms with Gasteiger partial charge in [-0.05, 0) is 35.7 Å². The van der Waals surface area contributed by atoms with E-state index in [1.165, 1.54) is 17.7 Å². The average Bonchev–Trinajstić information content (AvgIpc) is 2.82. The molecule has 0 aromatic heterocycles. The van der Waals surface area contributed by atoms with Crippen LogP contribution >= 0.6 is 0 Å². The summed E-state index contributed by atoms with van der Waals surface area (Å²) in [5.74, 6) is -0.275. The van der Waals surface area contributed by atoms with Gasteiger partial charge in [-0.1, -0.05) is 30.3 Å². The number of rotatable bonds is 2. The Kier molecular flexibility index (Phi) is 3.03. The third kappa shape index (κ3) is 2.36. The fraction of sp³-hybridized carbons (Fsp3) is 0.188. The fourth-order valence-electron chi connectivity index (χ4n) is 2.51. The molecule has 0 bridgehead atoms. The summed E-state index contributed by atoms with van der Waals surface area (Å²) in [6.07, 6.45) is 1.14. The smallest absolute Gasteiger partial charge is 0.231 e. The van der Waals surface area contributed by atoms with Crippen LogP contribution in [0, 0.1) is 5.82 Å². The maximum atomic E-state index is 13.1. The molecule has 96 valence electrons. The van der Waals surface area contributed by atoms with Crippen LogP contribution in [0.2, 0.25) is 0 Å². The molecule has 2 nitrogen and oxygen atoms in total. The van der Waals surface area contributed by atoms with Crippen LogP contribution in [0.4, 0.5) is 10.1 Å². The van der Waals surface area contributed by atoms with Crippen molar-refractivity contribution in [2.45, 2.75) is 12.8 Å². The quantitative estimate of drug-likeness (QED) is 0.808. The van der Waals surface area contributed by atoms with Crippen molar-refractivity contribution in [1.29, 1.82) is 0 Å². The minimum atomic E-state index is -0.299. The summed E-state index contributed by atoms with van der Waals surface area (Å²) >= 11 is 0. The zero-order chi connectivity index (χ0) is 13.2. The number of anilines is 1. The van der Waals surface area contributed by atoms with E-state index in [1.807, 2.05) is 24.3 Å². The highest BCUT2D eigenvalue weighted by Crippen LogP contribution is 2.27. The van der Waals surface area contributed by atoms with E-state index in [9.17, 15) is 9.18 Å². The van der Waals surface area contributed by atoms with Crippen LogP contribution in [0.5, 0.6) is 0 Å². The van der Waals surface area contributed by atoms with E-state index in [-0.39, 0.29) is 18.1 Å². The maximum Gasteiger partial charge on any atom is 0.231 e. The number of fused-ring (bicyclic) bond motifs is 1. The average molecular weight is 255 g/mol. The first-order valence-corrected chi connectivity index (χ1v) is 6.37. The lowest BCUT2D eigenvalue weighted by Crippen LogP contribution is -2.30. The Labute approximate surface area is 111 Å². The van der Waals surface area contributed by atoms with Gasteiger partial charge in [-0.15, -0.1) is 0 Å². The molecule has 0 unspecified atom stereocenters. The molecule has 2 aromatic rings. The summed E-state index contributed by atoms with van der Waals surface area (Å²) in [5.41, 5.74) is 2.91. The lowest BCUT2D eigenvalue weighted by Gasteiger charge is -2.17. The predicted molar refractivity (Wildman–Crippen MR) is 72.6 cm³/mol. The van der Waals surface area contributed by atoms with E-state index in [1.54, 1.807) is 17.0 Å². The second-order valence-electron chi connectivity index (χ2n) is 4.73. The van der Waals surface area contributed by atoms with Crippen molar-refractivity contribution in [3.8, 4) is 0 Å². The number of halogens is 1. The van der Waals surface area contributed by atoms with Crippen molar-refractivity contribution in [2.75, 3.05) is 11.4 Å². The van der Waals surface area contributed by atoms with Gasteiger partial charge < -0.3 is 4.90 Å². The van der Waals surface area contributed by atoms with Gasteiger partial charge in [0.25, 0.3) is 0 Å². The van der Waals surface area contributed by atoms with Crippen molar-refractivity contribution in [1.82, 2.24) is 0 Å². The normalized spacial score (nSPS) is 13.4. The lowest BCUT2D eigenvalue weighted by molar-refractivity contribution is -0.117. The second-order valence-corrected chi connectivity index (χ2v) is 4.73. The monoisotopic (exact) mass is 255 g/mol. The minimum Gasteiger partial charge on any atom is -0.312 e. The van der Waals surface area contributed by atoms with Gasteiger partial charge in [-0.3, -0.25) is 4.79 Å². The number of hydrogen-bond acceptors (Lipinski definition) is 1. The second kappa shape index (κ2) is 4.84. The molecule has 2 aromatic carbocycles. The van der Waals surface area contributed by atoms with Crippen LogP contribution in [0.3, 0.4) is 0 Å². The lowest BCUT2D eigenvalue weighted by atomic mass is 10.1. The third-order valence-electron chi connectivity index (χ3n) is 3.43. The molecule has 0 saturated heterocycles. The number of carbonyl (C=O) groups is 1. The maximum absolute atomic E-state index is 13.1. The molecule has 0 N–H and O–H groups in total. The first-order valence-electron chi connectivity index (χ1n) is 6.37. The highest BCUT2D eigenvalue weighted by molar-refractivity contribution is 5.96.